The molecule has 8 heteroatoms. The number of carbonyl (C=O) groups excluding carboxylic acids is 3. The van der Waals surface area contributed by atoms with Crippen LogP contribution in [0.4, 0.5) is 4.79 Å². The van der Waals surface area contributed by atoms with Gasteiger partial charge in [0.05, 0.1) is 12.0 Å². The minimum absolute atomic E-state index is 0.158. The molecule has 0 spiro atoms. The highest BCUT2D eigenvalue weighted by Gasteiger charge is 2.41. The van der Waals surface area contributed by atoms with Crippen LogP contribution in [0.2, 0.25) is 0 Å². The van der Waals surface area contributed by atoms with Crippen molar-refractivity contribution in [1.82, 2.24) is 4.90 Å². The number of carbonyl (C=O) groups is 3. The molecule has 0 aliphatic carbocycles. The van der Waals surface area contributed by atoms with E-state index >= 15 is 0 Å². The van der Waals surface area contributed by atoms with Gasteiger partial charge in [0.2, 0.25) is 6.79 Å². The molecule has 0 saturated carbocycles. The van der Waals surface area contributed by atoms with Gasteiger partial charge in [-0.3, -0.25) is 14.5 Å². The van der Waals surface area contributed by atoms with Gasteiger partial charge >= 0.3 is 5.97 Å². The van der Waals surface area contributed by atoms with Gasteiger partial charge in [-0.05, 0) is 54.9 Å². The van der Waals surface area contributed by atoms with E-state index in [4.69, 9.17) is 9.47 Å². The van der Waals surface area contributed by atoms with E-state index in [-0.39, 0.29) is 11.7 Å². The number of amides is 2. The van der Waals surface area contributed by atoms with Crippen molar-refractivity contribution in [1.29, 1.82) is 0 Å². The average molecular weight is 349 g/mol. The maximum Gasteiger partial charge on any atom is 0.328 e. The van der Waals surface area contributed by atoms with Gasteiger partial charge in [0.25, 0.3) is 11.1 Å². The SMILES string of the molecule is COC(=O)[C@@H](C)N1C(=O)S/C(=C/c2cc3c(cc2C)OCO3)C1=O. The Balaban J connectivity index is 1.91. The summed E-state index contributed by atoms with van der Waals surface area (Å²) in [6, 6.07) is 2.61. The van der Waals surface area contributed by atoms with Crippen LogP contribution in [-0.2, 0) is 14.3 Å². The van der Waals surface area contributed by atoms with Crippen LogP contribution in [0, 0.1) is 6.92 Å². The number of benzene rings is 1. The zero-order chi connectivity index (χ0) is 17.4. The lowest BCUT2D eigenvalue weighted by atomic mass is 10.1. The number of rotatable bonds is 3. The van der Waals surface area contributed by atoms with Crippen LogP contribution in [0.5, 0.6) is 11.5 Å². The third-order valence-electron chi connectivity index (χ3n) is 3.80. The van der Waals surface area contributed by atoms with Crippen molar-refractivity contribution < 1.29 is 28.6 Å². The van der Waals surface area contributed by atoms with Gasteiger partial charge in [-0.1, -0.05) is 0 Å². The molecule has 2 aliphatic heterocycles. The lowest BCUT2D eigenvalue weighted by Crippen LogP contribution is -2.42. The van der Waals surface area contributed by atoms with E-state index in [0.717, 1.165) is 27.8 Å². The first-order chi connectivity index (χ1) is 11.4. The predicted octanol–water partition coefficient (Wildman–Crippen LogP) is 2.32. The number of nitrogens with zero attached hydrogens (tertiary/aromatic N) is 1. The summed E-state index contributed by atoms with van der Waals surface area (Å²) in [5, 5.41) is -0.498. The minimum Gasteiger partial charge on any atom is -0.467 e. The molecule has 2 amide bonds. The first-order valence-electron chi connectivity index (χ1n) is 7.17. The Morgan fingerprint density at radius 1 is 1.33 bits per heavy atom. The maximum absolute atomic E-state index is 12.5. The van der Waals surface area contributed by atoms with Crippen molar-refractivity contribution in [3.63, 3.8) is 0 Å². The molecule has 0 unspecified atom stereocenters. The van der Waals surface area contributed by atoms with Crippen LogP contribution in [0.3, 0.4) is 0 Å². The Hall–Kier alpha value is -2.48. The van der Waals surface area contributed by atoms with E-state index in [9.17, 15) is 14.4 Å². The van der Waals surface area contributed by atoms with E-state index in [1.807, 2.05) is 13.0 Å². The summed E-state index contributed by atoms with van der Waals surface area (Å²) in [5.41, 5.74) is 1.63. The van der Waals surface area contributed by atoms with E-state index in [1.54, 1.807) is 12.1 Å². The van der Waals surface area contributed by atoms with E-state index in [2.05, 4.69) is 4.74 Å². The topological polar surface area (TPSA) is 82.1 Å². The molecule has 2 aliphatic rings. The zero-order valence-electron chi connectivity index (χ0n) is 13.3. The van der Waals surface area contributed by atoms with Gasteiger partial charge in [0, 0.05) is 0 Å². The van der Waals surface area contributed by atoms with Crippen molar-refractivity contribution in [2.75, 3.05) is 13.9 Å². The van der Waals surface area contributed by atoms with Gasteiger partial charge in [-0.25, -0.2) is 4.79 Å². The molecule has 1 aromatic carbocycles. The highest BCUT2D eigenvalue weighted by Crippen LogP contribution is 2.38. The van der Waals surface area contributed by atoms with Gasteiger partial charge in [0.1, 0.15) is 6.04 Å². The second kappa shape index (κ2) is 6.20. The molecule has 0 N–H and O–H groups in total. The van der Waals surface area contributed by atoms with Crippen molar-refractivity contribution in [2.45, 2.75) is 19.9 Å². The summed E-state index contributed by atoms with van der Waals surface area (Å²) < 4.78 is 15.2. The fraction of sp³-hybridized carbons (Fsp3) is 0.312. The molecule has 3 rings (SSSR count). The number of aryl methyl sites for hydroxylation is 1. The summed E-state index contributed by atoms with van der Waals surface area (Å²) in [6.07, 6.45) is 1.62. The highest BCUT2D eigenvalue weighted by molar-refractivity contribution is 8.18. The zero-order valence-corrected chi connectivity index (χ0v) is 14.1. The Morgan fingerprint density at radius 3 is 2.67 bits per heavy atom. The number of ether oxygens (including phenoxy) is 3. The van der Waals surface area contributed by atoms with Crippen molar-refractivity contribution in [2.24, 2.45) is 0 Å². The quantitative estimate of drug-likeness (QED) is 0.612. The van der Waals surface area contributed by atoms with Crippen molar-refractivity contribution in [3.05, 3.63) is 28.2 Å². The third-order valence-corrected chi connectivity index (χ3v) is 4.68. The highest BCUT2D eigenvalue weighted by atomic mass is 32.2. The summed E-state index contributed by atoms with van der Waals surface area (Å²) >= 11 is 0.794. The molecule has 2 heterocycles. The van der Waals surface area contributed by atoms with Crippen molar-refractivity contribution >= 4 is 35.0 Å². The summed E-state index contributed by atoms with van der Waals surface area (Å²) in [4.78, 5) is 37.3. The molecule has 1 aromatic rings. The van der Waals surface area contributed by atoms with Crippen LogP contribution >= 0.6 is 11.8 Å². The first kappa shape index (κ1) is 16.4. The van der Waals surface area contributed by atoms with E-state index in [0.29, 0.717) is 11.5 Å². The smallest absolute Gasteiger partial charge is 0.328 e. The number of fused-ring (bicyclic) bond motifs is 1. The molecule has 1 saturated heterocycles. The molecular formula is C16H15NO6S. The van der Waals surface area contributed by atoms with Gasteiger partial charge in [-0.15, -0.1) is 0 Å². The number of hydrogen-bond acceptors (Lipinski definition) is 7. The lowest BCUT2D eigenvalue weighted by Gasteiger charge is -2.18. The fourth-order valence-corrected chi connectivity index (χ4v) is 3.34. The van der Waals surface area contributed by atoms with Crippen molar-refractivity contribution in [3.8, 4) is 11.5 Å². The molecule has 1 fully saturated rings. The largest absolute Gasteiger partial charge is 0.467 e. The maximum atomic E-state index is 12.5. The predicted molar refractivity (Wildman–Crippen MR) is 86.6 cm³/mol. The van der Waals surface area contributed by atoms with Gasteiger partial charge in [-0.2, -0.15) is 0 Å². The Kier molecular flexibility index (Phi) is 4.23. The van der Waals surface area contributed by atoms with Crippen LogP contribution < -0.4 is 9.47 Å². The summed E-state index contributed by atoms with van der Waals surface area (Å²) in [7, 11) is 1.21. The molecular weight excluding hydrogens is 334 g/mol. The Bertz CT molecular complexity index is 772. The molecule has 0 aromatic heterocycles. The number of imide groups is 1. The second-order valence-electron chi connectivity index (χ2n) is 5.31. The van der Waals surface area contributed by atoms with Crippen LogP contribution in [0.1, 0.15) is 18.1 Å². The standard InChI is InChI=1S/C16H15NO6S/c1-8-4-11-12(23-7-22-11)5-10(8)6-13-14(18)17(16(20)24-13)9(2)15(19)21-3/h4-6,9H,7H2,1-3H3/b13-6+/t9-/m1/s1. The van der Waals surface area contributed by atoms with Gasteiger partial charge < -0.3 is 14.2 Å². The molecule has 126 valence electrons. The lowest BCUT2D eigenvalue weighted by molar-refractivity contribution is -0.148. The Labute approximate surface area is 142 Å². The van der Waals surface area contributed by atoms with Crippen LogP contribution in [0.15, 0.2) is 17.0 Å². The first-order valence-corrected chi connectivity index (χ1v) is 7.99. The molecule has 0 radical (unpaired) electrons. The Morgan fingerprint density at radius 2 is 2.00 bits per heavy atom. The molecule has 24 heavy (non-hydrogen) atoms. The fourth-order valence-electron chi connectivity index (χ4n) is 2.45. The molecule has 1 atom stereocenters. The number of methoxy groups -OCH3 is 1. The summed E-state index contributed by atoms with van der Waals surface area (Å²) in [6.45, 7) is 3.48. The van der Waals surface area contributed by atoms with Gasteiger partial charge in [0.15, 0.2) is 11.5 Å². The second-order valence-corrected chi connectivity index (χ2v) is 6.31. The molecule has 0 bridgehead atoms. The average Bonchev–Trinajstić information content (AvgIpc) is 3.10. The number of thioether (sulfide) groups is 1. The molecule has 7 nitrogen and oxygen atoms in total. The van der Waals surface area contributed by atoms with Crippen LogP contribution in [0.25, 0.3) is 6.08 Å². The van der Waals surface area contributed by atoms with E-state index in [1.165, 1.54) is 14.0 Å². The van der Waals surface area contributed by atoms with Crippen LogP contribution in [-0.4, -0.2) is 42.0 Å². The monoisotopic (exact) mass is 349 g/mol. The summed E-state index contributed by atoms with van der Waals surface area (Å²) in [5.74, 6) is 0.0869. The van der Waals surface area contributed by atoms with E-state index < -0.39 is 23.2 Å². The number of hydrogen-bond donors (Lipinski definition) is 0. The normalized spacial score (nSPS) is 19.1. The minimum atomic E-state index is -0.966. The number of esters is 1. The third kappa shape index (κ3) is 2.73.